The van der Waals surface area contributed by atoms with Crippen molar-refractivity contribution in [2.75, 3.05) is 13.7 Å². The highest BCUT2D eigenvalue weighted by Crippen LogP contribution is 2.18. The highest BCUT2D eigenvalue weighted by Gasteiger charge is 2.07. The molecule has 1 unspecified atom stereocenters. The van der Waals surface area contributed by atoms with Crippen LogP contribution in [0.1, 0.15) is 11.9 Å². The molecule has 0 amide bonds. The molecule has 1 rings (SSSR count). The van der Waals surface area contributed by atoms with Gasteiger partial charge in [-0.05, 0) is 6.92 Å². The molecule has 0 fully saturated rings. The maximum absolute atomic E-state index is 5.40. The number of nitrogens with zero attached hydrogens (tertiary/aromatic N) is 2. The van der Waals surface area contributed by atoms with Gasteiger partial charge in [-0.1, -0.05) is 16.4 Å². The SMILES string of the molecule is COCC(C)Oc1nnc(CN)s1. The minimum atomic E-state index is -0.0106. The number of aromatic nitrogens is 2. The van der Waals surface area contributed by atoms with Crippen molar-refractivity contribution in [1.82, 2.24) is 10.2 Å². The summed E-state index contributed by atoms with van der Waals surface area (Å²) in [5, 5.41) is 8.97. The van der Waals surface area contributed by atoms with Crippen LogP contribution in [0.5, 0.6) is 5.19 Å². The molecule has 0 radical (unpaired) electrons. The van der Waals surface area contributed by atoms with E-state index in [9.17, 15) is 0 Å². The van der Waals surface area contributed by atoms with E-state index < -0.39 is 0 Å². The second-order valence-electron chi connectivity index (χ2n) is 2.55. The Morgan fingerprint density at radius 3 is 2.85 bits per heavy atom. The third-order valence-corrected chi connectivity index (χ3v) is 2.16. The zero-order chi connectivity index (χ0) is 9.68. The summed E-state index contributed by atoms with van der Waals surface area (Å²) in [6.45, 7) is 2.85. The summed E-state index contributed by atoms with van der Waals surface area (Å²) in [6.07, 6.45) is -0.0106. The van der Waals surface area contributed by atoms with E-state index >= 15 is 0 Å². The van der Waals surface area contributed by atoms with Gasteiger partial charge in [-0.2, -0.15) is 0 Å². The first-order chi connectivity index (χ1) is 6.26. The zero-order valence-corrected chi connectivity index (χ0v) is 8.50. The number of nitrogens with two attached hydrogens (primary N) is 1. The molecular formula is C7H13N3O2S. The minimum absolute atomic E-state index is 0.0106. The van der Waals surface area contributed by atoms with Gasteiger partial charge in [0.25, 0.3) is 5.19 Å². The van der Waals surface area contributed by atoms with Crippen molar-refractivity contribution in [2.45, 2.75) is 19.6 Å². The number of rotatable bonds is 5. The number of hydrogen-bond acceptors (Lipinski definition) is 6. The van der Waals surface area contributed by atoms with Gasteiger partial charge in [0.15, 0.2) is 0 Å². The van der Waals surface area contributed by atoms with Crippen LogP contribution < -0.4 is 10.5 Å². The van der Waals surface area contributed by atoms with E-state index in [0.717, 1.165) is 5.01 Å². The summed E-state index contributed by atoms with van der Waals surface area (Å²) >= 11 is 1.36. The second-order valence-corrected chi connectivity index (χ2v) is 3.57. The first kappa shape index (κ1) is 10.4. The van der Waals surface area contributed by atoms with Crippen LogP contribution in [-0.4, -0.2) is 30.0 Å². The molecule has 74 valence electrons. The van der Waals surface area contributed by atoms with Crippen LogP contribution in [0.15, 0.2) is 0 Å². The van der Waals surface area contributed by atoms with Crippen LogP contribution in [0.4, 0.5) is 0 Å². The van der Waals surface area contributed by atoms with Crippen molar-refractivity contribution in [1.29, 1.82) is 0 Å². The third kappa shape index (κ3) is 3.25. The lowest BCUT2D eigenvalue weighted by Gasteiger charge is -2.09. The number of ether oxygens (including phenoxy) is 2. The van der Waals surface area contributed by atoms with E-state index in [-0.39, 0.29) is 6.10 Å². The van der Waals surface area contributed by atoms with Crippen LogP contribution in [0.3, 0.4) is 0 Å². The standard InChI is InChI=1S/C7H13N3O2S/c1-5(4-11-2)12-7-10-9-6(3-8)13-7/h5H,3-4,8H2,1-2H3. The van der Waals surface area contributed by atoms with E-state index in [2.05, 4.69) is 10.2 Å². The molecule has 0 spiro atoms. The molecule has 1 atom stereocenters. The van der Waals surface area contributed by atoms with Gasteiger partial charge in [0.1, 0.15) is 11.1 Å². The molecule has 0 aliphatic heterocycles. The summed E-state index contributed by atoms with van der Waals surface area (Å²) in [7, 11) is 1.63. The Morgan fingerprint density at radius 1 is 1.54 bits per heavy atom. The van der Waals surface area contributed by atoms with Crippen LogP contribution in [-0.2, 0) is 11.3 Å². The quantitative estimate of drug-likeness (QED) is 0.750. The predicted octanol–water partition coefficient (Wildman–Crippen LogP) is 0.411. The van der Waals surface area contributed by atoms with E-state index in [1.165, 1.54) is 11.3 Å². The molecule has 1 aromatic heterocycles. The number of methoxy groups -OCH3 is 1. The average molecular weight is 203 g/mol. The molecule has 5 nitrogen and oxygen atoms in total. The first-order valence-corrected chi connectivity index (χ1v) is 4.76. The van der Waals surface area contributed by atoms with Crippen LogP contribution in [0.2, 0.25) is 0 Å². The van der Waals surface area contributed by atoms with Gasteiger partial charge in [-0.25, -0.2) is 0 Å². The molecule has 1 aromatic rings. The normalized spacial score (nSPS) is 12.8. The Bertz CT molecular complexity index is 254. The topological polar surface area (TPSA) is 70.3 Å². The summed E-state index contributed by atoms with van der Waals surface area (Å²) in [6, 6.07) is 0. The van der Waals surface area contributed by atoms with Gasteiger partial charge in [0.05, 0.1) is 6.61 Å². The van der Waals surface area contributed by atoms with E-state index in [0.29, 0.717) is 18.3 Å². The van der Waals surface area contributed by atoms with Crippen LogP contribution in [0.25, 0.3) is 0 Å². The molecule has 0 saturated heterocycles. The maximum Gasteiger partial charge on any atom is 0.294 e. The fourth-order valence-electron chi connectivity index (χ4n) is 0.809. The van der Waals surface area contributed by atoms with Gasteiger partial charge in [0.2, 0.25) is 0 Å². The fraction of sp³-hybridized carbons (Fsp3) is 0.714. The van der Waals surface area contributed by atoms with Crippen LogP contribution in [0, 0.1) is 0 Å². The van der Waals surface area contributed by atoms with Gasteiger partial charge >= 0.3 is 0 Å². The molecule has 0 aromatic carbocycles. The van der Waals surface area contributed by atoms with Crippen molar-refractivity contribution >= 4 is 11.3 Å². The zero-order valence-electron chi connectivity index (χ0n) is 7.69. The Labute approximate surface area is 80.9 Å². The van der Waals surface area contributed by atoms with Crippen LogP contribution >= 0.6 is 11.3 Å². The Morgan fingerprint density at radius 2 is 2.31 bits per heavy atom. The molecule has 0 bridgehead atoms. The lowest BCUT2D eigenvalue weighted by molar-refractivity contribution is 0.0914. The molecule has 0 aliphatic carbocycles. The van der Waals surface area contributed by atoms with Crippen molar-refractivity contribution < 1.29 is 9.47 Å². The second kappa shape index (κ2) is 5.11. The van der Waals surface area contributed by atoms with Crippen molar-refractivity contribution in [3.8, 4) is 5.19 Å². The van der Waals surface area contributed by atoms with E-state index in [1.54, 1.807) is 7.11 Å². The third-order valence-electron chi connectivity index (χ3n) is 1.33. The van der Waals surface area contributed by atoms with Crippen molar-refractivity contribution in [3.05, 3.63) is 5.01 Å². The number of hydrogen-bond donors (Lipinski definition) is 1. The van der Waals surface area contributed by atoms with Gasteiger partial charge in [-0.3, -0.25) is 0 Å². The molecule has 6 heteroatoms. The summed E-state index contributed by atoms with van der Waals surface area (Å²) < 4.78 is 10.3. The average Bonchev–Trinajstić information content (AvgIpc) is 2.52. The smallest absolute Gasteiger partial charge is 0.294 e. The summed E-state index contributed by atoms with van der Waals surface area (Å²) in [5.74, 6) is 0. The predicted molar refractivity (Wildman–Crippen MR) is 49.8 cm³/mol. The monoisotopic (exact) mass is 203 g/mol. The highest BCUT2D eigenvalue weighted by atomic mass is 32.1. The van der Waals surface area contributed by atoms with E-state index in [1.807, 2.05) is 6.92 Å². The molecule has 0 aliphatic rings. The van der Waals surface area contributed by atoms with Crippen molar-refractivity contribution in [3.63, 3.8) is 0 Å². The molecule has 2 N–H and O–H groups in total. The maximum atomic E-state index is 5.40. The lowest BCUT2D eigenvalue weighted by Crippen LogP contribution is -2.17. The Kier molecular flexibility index (Phi) is 4.07. The Hall–Kier alpha value is -0.720. The van der Waals surface area contributed by atoms with Gasteiger partial charge in [0, 0.05) is 13.7 Å². The summed E-state index contributed by atoms with van der Waals surface area (Å²) in [4.78, 5) is 0. The minimum Gasteiger partial charge on any atom is -0.463 e. The Balaban J connectivity index is 2.44. The molecule has 13 heavy (non-hydrogen) atoms. The molecule has 1 heterocycles. The van der Waals surface area contributed by atoms with E-state index in [4.69, 9.17) is 15.2 Å². The fourth-order valence-corrected chi connectivity index (χ4v) is 1.47. The largest absolute Gasteiger partial charge is 0.463 e. The molecule has 0 saturated carbocycles. The first-order valence-electron chi connectivity index (χ1n) is 3.94. The van der Waals surface area contributed by atoms with Gasteiger partial charge in [-0.15, -0.1) is 5.10 Å². The molecular weight excluding hydrogens is 190 g/mol. The highest BCUT2D eigenvalue weighted by molar-refractivity contribution is 7.13. The van der Waals surface area contributed by atoms with Gasteiger partial charge < -0.3 is 15.2 Å². The summed E-state index contributed by atoms with van der Waals surface area (Å²) in [5.41, 5.74) is 5.38. The lowest BCUT2D eigenvalue weighted by atomic mass is 10.4. The van der Waals surface area contributed by atoms with Crippen molar-refractivity contribution in [2.24, 2.45) is 5.73 Å².